The van der Waals surface area contributed by atoms with E-state index in [4.69, 9.17) is 31.3 Å². The summed E-state index contributed by atoms with van der Waals surface area (Å²) in [5.41, 5.74) is 6.75. The van der Waals surface area contributed by atoms with Crippen LogP contribution in [0.1, 0.15) is 24.2 Å². The van der Waals surface area contributed by atoms with Crippen molar-refractivity contribution in [2.75, 3.05) is 7.11 Å². The fraction of sp³-hybridized carbons (Fsp3) is 0.429. The van der Waals surface area contributed by atoms with E-state index >= 15 is 0 Å². The third-order valence-electron chi connectivity index (χ3n) is 2.77. The monoisotopic (exact) mass is 311 g/mol. The van der Waals surface area contributed by atoms with E-state index < -0.39 is 0 Å². The van der Waals surface area contributed by atoms with Crippen LogP contribution in [-0.2, 0) is 13.0 Å². The zero-order valence-electron chi connectivity index (χ0n) is 12.2. The number of aryl methyl sites for hydroxylation is 1. The first-order chi connectivity index (χ1) is 9.99. The Labute approximate surface area is 128 Å². The van der Waals surface area contributed by atoms with E-state index in [2.05, 4.69) is 10.1 Å². The predicted molar refractivity (Wildman–Crippen MR) is 78.7 cm³/mol. The largest absolute Gasteiger partial charge is 0.493 e. The van der Waals surface area contributed by atoms with E-state index in [0.29, 0.717) is 34.7 Å². The number of hydrogen-bond acceptors (Lipinski definition) is 6. The molecule has 0 spiro atoms. The average molecular weight is 312 g/mol. The van der Waals surface area contributed by atoms with Gasteiger partial charge in [0, 0.05) is 22.7 Å². The summed E-state index contributed by atoms with van der Waals surface area (Å²) in [6, 6.07) is 3.49. The molecule has 0 saturated carbocycles. The summed E-state index contributed by atoms with van der Waals surface area (Å²) >= 11 is 6.09. The standard InChI is InChI=1S/C14H18ClN3O3/c1-8(16)4-10-5-11(15)6-12(19-3)14(10)20-7-13-17-9(2)18-21-13/h5-6,8H,4,7,16H2,1-3H3. The highest BCUT2D eigenvalue weighted by Gasteiger charge is 2.15. The van der Waals surface area contributed by atoms with Gasteiger partial charge in [-0.25, -0.2) is 0 Å². The number of nitrogens with zero attached hydrogens (tertiary/aromatic N) is 2. The molecule has 1 heterocycles. The maximum atomic E-state index is 6.09. The van der Waals surface area contributed by atoms with Crippen LogP contribution >= 0.6 is 11.6 Å². The molecule has 1 unspecified atom stereocenters. The minimum Gasteiger partial charge on any atom is -0.493 e. The van der Waals surface area contributed by atoms with Gasteiger partial charge in [0.25, 0.3) is 5.89 Å². The Bertz CT molecular complexity index is 614. The maximum Gasteiger partial charge on any atom is 0.264 e. The first-order valence-corrected chi connectivity index (χ1v) is 6.91. The fourth-order valence-corrected chi connectivity index (χ4v) is 2.20. The van der Waals surface area contributed by atoms with Crippen LogP contribution in [0.4, 0.5) is 0 Å². The highest BCUT2D eigenvalue weighted by molar-refractivity contribution is 6.30. The topological polar surface area (TPSA) is 83.4 Å². The van der Waals surface area contributed by atoms with Crippen molar-refractivity contribution in [2.24, 2.45) is 5.73 Å². The second-order valence-corrected chi connectivity index (χ2v) is 5.24. The van der Waals surface area contributed by atoms with Crippen LogP contribution in [0.2, 0.25) is 5.02 Å². The summed E-state index contributed by atoms with van der Waals surface area (Å²) < 4.78 is 16.1. The molecule has 0 bridgehead atoms. The molecule has 1 atom stereocenters. The highest BCUT2D eigenvalue weighted by atomic mass is 35.5. The van der Waals surface area contributed by atoms with Crippen molar-refractivity contribution >= 4 is 11.6 Å². The molecule has 1 aromatic heterocycles. The van der Waals surface area contributed by atoms with Crippen LogP contribution in [0.5, 0.6) is 11.5 Å². The number of nitrogens with two attached hydrogens (primary N) is 1. The summed E-state index contributed by atoms with van der Waals surface area (Å²) in [5, 5.41) is 4.29. The fourth-order valence-electron chi connectivity index (χ4n) is 1.97. The first-order valence-electron chi connectivity index (χ1n) is 6.53. The van der Waals surface area contributed by atoms with E-state index in [1.54, 1.807) is 20.1 Å². The zero-order chi connectivity index (χ0) is 15.4. The molecule has 0 saturated heterocycles. The molecule has 114 valence electrons. The van der Waals surface area contributed by atoms with E-state index in [0.717, 1.165) is 5.56 Å². The van der Waals surface area contributed by atoms with Crippen molar-refractivity contribution in [3.63, 3.8) is 0 Å². The Hall–Kier alpha value is -1.79. The zero-order valence-corrected chi connectivity index (χ0v) is 13.0. The average Bonchev–Trinajstić information content (AvgIpc) is 2.82. The van der Waals surface area contributed by atoms with Crippen LogP contribution in [0, 0.1) is 6.92 Å². The molecule has 7 heteroatoms. The van der Waals surface area contributed by atoms with Gasteiger partial charge in [-0.05, 0) is 26.3 Å². The molecule has 0 aliphatic heterocycles. The van der Waals surface area contributed by atoms with Gasteiger partial charge in [-0.3, -0.25) is 0 Å². The number of methoxy groups -OCH3 is 1. The van der Waals surface area contributed by atoms with Crippen LogP contribution < -0.4 is 15.2 Å². The summed E-state index contributed by atoms with van der Waals surface area (Å²) in [6.07, 6.45) is 0.620. The lowest BCUT2D eigenvalue weighted by atomic mass is 10.1. The quantitative estimate of drug-likeness (QED) is 0.882. The second kappa shape index (κ2) is 6.78. The van der Waals surface area contributed by atoms with E-state index in [1.807, 2.05) is 13.0 Å². The molecule has 0 amide bonds. The molecule has 0 radical (unpaired) electrons. The van der Waals surface area contributed by atoms with Gasteiger partial charge in [0.05, 0.1) is 7.11 Å². The Kier molecular flexibility index (Phi) is 5.03. The number of ether oxygens (including phenoxy) is 2. The molecule has 0 aliphatic carbocycles. The van der Waals surface area contributed by atoms with Crippen molar-refractivity contribution in [3.05, 3.63) is 34.4 Å². The number of halogens is 1. The SMILES string of the molecule is COc1cc(Cl)cc(CC(C)N)c1OCc1nc(C)no1. The molecule has 2 rings (SSSR count). The van der Waals surface area contributed by atoms with Gasteiger partial charge in [0.1, 0.15) is 0 Å². The Morgan fingerprint density at radius 3 is 2.76 bits per heavy atom. The van der Waals surface area contributed by atoms with Crippen molar-refractivity contribution < 1.29 is 14.0 Å². The highest BCUT2D eigenvalue weighted by Crippen LogP contribution is 2.35. The summed E-state index contributed by atoms with van der Waals surface area (Å²) in [5.74, 6) is 2.10. The third-order valence-corrected chi connectivity index (χ3v) is 2.99. The smallest absolute Gasteiger partial charge is 0.264 e. The lowest BCUT2D eigenvalue weighted by Crippen LogP contribution is -2.18. The molecule has 21 heavy (non-hydrogen) atoms. The second-order valence-electron chi connectivity index (χ2n) is 4.80. The summed E-state index contributed by atoms with van der Waals surface area (Å²) in [4.78, 5) is 4.10. The molecular formula is C14H18ClN3O3. The van der Waals surface area contributed by atoms with Gasteiger partial charge in [-0.15, -0.1) is 0 Å². The molecule has 2 aromatic rings. The first kappa shape index (κ1) is 15.6. The van der Waals surface area contributed by atoms with E-state index in [-0.39, 0.29) is 12.6 Å². The summed E-state index contributed by atoms with van der Waals surface area (Å²) in [6.45, 7) is 3.82. The minimum atomic E-state index is -0.0267. The Balaban J connectivity index is 2.26. The van der Waals surface area contributed by atoms with Crippen molar-refractivity contribution in [3.8, 4) is 11.5 Å². The van der Waals surface area contributed by atoms with Crippen LogP contribution in [0.3, 0.4) is 0 Å². The van der Waals surface area contributed by atoms with Gasteiger partial charge >= 0.3 is 0 Å². The van der Waals surface area contributed by atoms with Gasteiger partial charge in [-0.2, -0.15) is 4.98 Å². The van der Waals surface area contributed by atoms with Gasteiger partial charge in [0.2, 0.25) is 0 Å². The molecule has 1 aromatic carbocycles. The Morgan fingerprint density at radius 2 is 2.19 bits per heavy atom. The predicted octanol–water partition coefficient (Wildman–Crippen LogP) is 2.51. The van der Waals surface area contributed by atoms with Crippen molar-refractivity contribution in [2.45, 2.75) is 32.9 Å². The third kappa shape index (κ3) is 4.09. The van der Waals surface area contributed by atoms with Gasteiger partial charge in [-0.1, -0.05) is 16.8 Å². The number of benzene rings is 1. The lowest BCUT2D eigenvalue weighted by molar-refractivity contribution is 0.231. The molecule has 0 fully saturated rings. The molecular weight excluding hydrogens is 294 g/mol. The normalized spacial score (nSPS) is 12.2. The lowest BCUT2D eigenvalue weighted by Gasteiger charge is -2.16. The molecule has 0 aliphatic rings. The number of rotatable bonds is 6. The Morgan fingerprint density at radius 1 is 1.43 bits per heavy atom. The van der Waals surface area contributed by atoms with Crippen molar-refractivity contribution in [1.29, 1.82) is 0 Å². The minimum absolute atomic E-state index is 0.0267. The van der Waals surface area contributed by atoms with Crippen LogP contribution in [0.25, 0.3) is 0 Å². The van der Waals surface area contributed by atoms with Gasteiger partial charge in [0.15, 0.2) is 23.9 Å². The number of aromatic nitrogens is 2. The van der Waals surface area contributed by atoms with Crippen molar-refractivity contribution in [1.82, 2.24) is 10.1 Å². The van der Waals surface area contributed by atoms with Crippen LogP contribution in [-0.4, -0.2) is 23.3 Å². The molecule has 6 nitrogen and oxygen atoms in total. The molecule has 2 N–H and O–H groups in total. The maximum absolute atomic E-state index is 6.09. The van der Waals surface area contributed by atoms with E-state index in [9.17, 15) is 0 Å². The van der Waals surface area contributed by atoms with Gasteiger partial charge < -0.3 is 19.7 Å². The van der Waals surface area contributed by atoms with E-state index in [1.165, 1.54) is 0 Å². The van der Waals surface area contributed by atoms with Crippen LogP contribution in [0.15, 0.2) is 16.7 Å². The summed E-state index contributed by atoms with van der Waals surface area (Å²) in [7, 11) is 1.56. The number of hydrogen-bond donors (Lipinski definition) is 1.